The molecule has 3 heterocycles. The van der Waals surface area contributed by atoms with Crippen LogP contribution in [-0.2, 0) is 0 Å². The van der Waals surface area contributed by atoms with Crippen LogP contribution in [0.5, 0.6) is 0 Å². The highest BCUT2D eigenvalue weighted by atomic mass is 16.1. The zero-order valence-electron chi connectivity index (χ0n) is 15.2. The van der Waals surface area contributed by atoms with Crippen LogP contribution in [0.25, 0.3) is 0 Å². The number of carbonyl (C=O) groups is 1. The summed E-state index contributed by atoms with van der Waals surface area (Å²) in [6, 6.07) is 11.8. The Morgan fingerprint density at radius 1 is 0.846 bits per heavy atom. The summed E-state index contributed by atoms with van der Waals surface area (Å²) in [6.07, 6.45) is 7.97. The summed E-state index contributed by atoms with van der Waals surface area (Å²) < 4.78 is 0. The molecule has 1 aromatic carbocycles. The van der Waals surface area contributed by atoms with Gasteiger partial charge in [0.05, 0.1) is 0 Å². The highest BCUT2D eigenvalue weighted by molar-refractivity contribution is 6.04. The van der Waals surface area contributed by atoms with E-state index in [-0.39, 0.29) is 5.91 Å². The van der Waals surface area contributed by atoms with E-state index in [0.717, 1.165) is 37.7 Å². The van der Waals surface area contributed by atoms with Crippen LogP contribution >= 0.6 is 0 Å². The van der Waals surface area contributed by atoms with Gasteiger partial charge in [-0.15, -0.1) is 0 Å². The third kappa shape index (κ3) is 3.82. The van der Waals surface area contributed by atoms with Gasteiger partial charge in [0.25, 0.3) is 5.91 Å². The smallest absolute Gasteiger partial charge is 0.255 e. The van der Waals surface area contributed by atoms with Crippen LogP contribution in [0.1, 0.15) is 42.5 Å². The van der Waals surface area contributed by atoms with Crippen LogP contribution in [0.15, 0.2) is 42.6 Å². The molecule has 5 heteroatoms. The van der Waals surface area contributed by atoms with Gasteiger partial charge in [-0.25, -0.2) is 4.98 Å². The molecule has 0 radical (unpaired) electrons. The molecule has 1 amide bonds. The highest BCUT2D eigenvalue weighted by Gasteiger charge is 2.16. The average molecular weight is 350 g/mol. The van der Waals surface area contributed by atoms with Crippen LogP contribution < -0.4 is 15.1 Å². The quantitative estimate of drug-likeness (QED) is 0.908. The first-order chi connectivity index (χ1) is 12.8. The first-order valence-corrected chi connectivity index (χ1v) is 9.67. The molecule has 0 atom stereocenters. The van der Waals surface area contributed by atoms with E-state index < -0.39 is 0 Å². The molecule has 5 nitrogen and oxygen atoms in total. The Morgan fingerprint density at radius 3 is 2.23 bits per heavy atom. The number of amides is 1. The van der Waals surface area contributed by atoms with Gasteiger partial charge in [-0.05, 0) is 68.5 Å². The van der Waals surface area contributed by atoms with Crippen LogP contribution in [0, 0.1) is 0 Å². The van der Waals surface area contributed by atoms with Crippen LogP contribution in [0.3, 0.4) is 0 Å². The predicted octanol–water partition coefficient (Wildman–Crippen LogP) is 3.92. The third-order valence-electron chi connectivity index (χ3n) is 5.28. The molecule has 136 valence electrons. The number of pyridine rings is 1. The molecule has 0 aliphatic carbocycles. The number of piperidine rings is 1. The maximum Gasteiger partial charge on any atom is 0.255 e. The van der Waals surface area contributed by atoms with E-state index in [4.69, 9.17) is 0 Å². The molecule has 2 aliphatic heterocycles. The molecule has 1 N–H and O–H groups in total. The zero-order valence-corrected chi connectivity index (χ0v) is 15.2. The Labute approximate surface area is 155 Å². The molecule has 0 bridgehead atoms. The summed E-state index contributed by atoms with van der Waals surface area (Å²) in [5.41, 5.74) is 2.72. The Bertz CT molecular complexity index is 747. The molecular formula is C21H26N4O. The number of carbonyl (C=O) groups excluding carboxylic acids is 1. The zero-order chi connectivity index (χ0) is 17.8. The normalized spacial score (nSPS) is 17.4. The van der Waals surface area contributed by atoms with Gasteiger partial charge in [-0.2, -0.15) is 0 Å². The summed E-state index contributed by atoms with van der Waals surface area (Å²) in [6.45, 7) is 4.30. The number of benzene rings is 1. The van der Waals surface area contributed by atoms with E-state index in [1.807, 2.05) is 18.2 Å². The number of hydrogen-bond acceptors (Lipinski definition) is 4. The Balaban J connectivity index is 1.42. The first kappa shape index (κ1) is 16.9. The van der Waals surface area contributed by atoms with Crippen molar-refractivity contribution in [3.05, 3.63) is 48.2 Å². The summed E-state index contributed by atoms with van der Waals surface area (Å²) in [5, 5.41) is 3.00. The van der Waals surface area contributed by atoms with Crippen LogP contribution in [-0.4, -0.2) is 37.1 Å². The van der Waals surface area contributed by atoms with Gasteiger partial charge < -0.3 is 15.1 Å². The van der Waals surface area contributed by atoms with Gasteiger partial charge >= 0.3 is 0 Å². The Kier molecular flexibility index (Phi) is 5.04. The lowest BCUT2D eigenvalue weighted by Crippen LogP contribution is -2.29. The fourth-order valence-electron chi connectivity index (χ4n) is 3.79. The SMILES string of the molecule is O=C(Nc1ccc(N2CCCCC2)cc1)c1ccnc(N2CCCC2)c1. The molecule has 2 aromatic rings. The molecule has 26 heavy (non-hydrogen) atoms. The van der Waals surface area contributed by atoms with E-state index in [1.54, 1.807) is 12.3 Å². The maximum absolute atomic E-state index is 12.6. The Morgan fingerprint density at radius 2 is 1.50 bits per heavy atom. The summed E-state index contributed by atoms with van der Waals surface area (Å²) in [4.78, 5) is 21.7. The van der Waals surface area contributed by atoms with Crippen molar-refractivity contribution in [3.8, 4) is 0 Å². The summed E-state index contributed by atoms with van der Waals surface area (Å²) in [7, 11) is 0. The van der Waals surface area contributed by atoms with E-state index in [1.165, 1.54) is 37.8 Å². The molecule has 2 aliphatic rings. The minimum atomic E-state index is -0.0847. The van der Waals surface area contributed by atoms with Gasteiger partial charge in [-0.3, -0.25) is 4.79 Å². The highest BCUT2D eigenvalue weighted by Crippen LogP contribution is 2.23. The monoisotopic (exact) mass is 350 g/mol. The summed E-state index contributed by atoms with van der Waals surface area (Å²) >= 11 is 0. The molecule has 4 rings (SSSR count). The van der Waals surface area contributed by atoms with Crippen molar-refractivity contribution in [2.45, 2.75) is 32.1 Å². The third-order valence-corrected chi connectivity index (χ3v) is 5.28. The number of nitrogens with zero attached hydrogens (tertiary/aromatic N) is 3. The standard InChI is InChI=1S/C21H26N4O/c26-21(17-10-11-22-20(16-17)25-14-4-5-15-25)23-18-6-8-19(9-7-18)24-12-2-1-3-13-24/h6-11,16H,1-5,12-15H2,(H,23,26). The van der Waals surface area contributed by atoms with Crippen molar-refractivity contribution in [1.29, 1.82) is 0 Å². The van der Waals surface area contributed by atoms with E-state index >= 15 is 0 Å². The van der Waals surface area contributed by atoms with Crippen molar-refractivity contribution in [3.63, 3.8) is 0 Å². The fourth-order valence-corrected chi connectivity index (χ4v) is 3.79. The number of hydrogen-bond donors (Lipinski definition) is 1. The second kappa shape index (κ2) is 7.77. The van der Waals surface area contributed by atoms with Crippen molar-refractivity contribution in [2.24, 2.45) is 0 Å². The molecule has 0 spiro atoms. The summed E-state index contributed by atoms with van der Waals surface area (Å²) in [5.74, 6) is 0.814. The molecule has 1 aromatic heterocycles. The van der Waals surface area contributed by atoms with Gasteiger partial charge in [-0.1, -0.05) is 0 Å². The van der Waals surface area contributed by atoms with Gasteiger partial charge in [0.1, 0.15) is 5.82 Å². The molecular weight excluding hydrogens is 324 g/mol. The van der Waals surface area contributed by atoms with E-state index in [0.29, 0.717) is 5.56 Å². The second-order valence-corrected chi connectivity index (χ2v) is 7.15. The largest absolute Gasteiger partial charge is 0.372 e. The van der Waals surface area contributed by atoms with E-state index in [2.05, 4.69) is 32.2 Å². The lowest BCUT2D eigenvalue weighted by Gasteiger charge is -2.28. The first-order valence-electron chi connectivity index (χ1n) is 9.67. The van der Waals surface area contributed by atoms with Crippen LogP contribution in [0.4, 0.5) is 17.2 Å². The number of nitrogens with one attached hydrogen (secondary N) is 1. The fraction of sp³-hybridized carbons (Fsp3) is 0.429. The topological polar surface area (TPSA) is 48.5 Å². The van der Waals surface area contributed by atoms with Crippen molar-refractivity contribution < 1.29 is 4.79 Å². The Hall–Kier alpha value is -2.56. The predicted molar refractivity (Wildman–Crippen MR) is 106 cm³/mol. The van der Waals surface area contributed by atoms with Gasteiger partial charge in [0, 0.05) is 49.3 Å². The van der Waals surface area contributed by atoms with Crippen LogP contribution in [0.2, 0.25) is 0 Å². The average Bonchev–Trinajstić information content (AvgIpc) is 3.24. The van der Waals surface area contributed by atoms with Gasteiger partial charge in [0.2, 0.25) is 0 Å². The van der Waals surface area contributed by atoms with E-state index in [9.17, 15) is 4.79 Å². The lowest BCUT2D eigenvalue weighted by atomic mass is 10.1. The maximum atomic E-state index is 12.6. The second-order valence-electron chi connectivity index (χ2n) is 7.15. The van der Waals surface area contributed by atoms with Crippen molar-refractivity contribution in [1.82, 2.24) is 4.98 Å². The van der Waals surface area contributed by atoms with Crippen molar-refractivity contribution in [2.75, 3.05) is 41.3 Å². The number of rotatable bonds is 4. The number of aromatic nitrogens is 1. The molecule has 0 saturated carbocycles. The number of anilines is 3. The minimum Gasteiger partial charge on any atom is -0.372 e. The molecule has 0 unspecified atom stereocenters. The minimum absolute atomic E-state index is 0.0847. The molecule has 2 fully saturated rings. The van der Waals surface area contributed by atoms with Gasteiger partial charge in [0.15, 0.2) is 0 Å². The van der Waals surface area contributed by atoms with Crippen molar-refractivity contribution >= 4 is 23.1 Å². The molecule has 2 saturated heterocycles. The lowest BCUT2D eigenvalue weighted by molar-refractivity contribution is 0.102.